The Morgan fingerprint density at radius 3 is 2.64 bits per heavy atom. The van der Waals surface area contributed by atoms with Crippen LogP contribution in [-0.4, -0.2) is 17.6 Å². The third-order valence-corrected chi connectivity index (χ3v) is 1.61. The second-order valence-electron chi connectivity index (χ2n) is 3.46. The number of hydrogen-bond acceptors (Lipinski definition) is 2. The van der Waals surface area contributed by atoms with Crippen LogP contribution in [0, 0.1) is 5.92 Å². The number of nitrogens with one attached hydrogen (secondary N) is 2. The second kappa shape index (κ2) is 5.21. The molecule has 0 radical (unpaired) electrons. The molecule has 4 heteroatoms. The highest BCUT2D eigenvalue weighted by Crippen LogP contribution is 2.02. The van der Waals surface area contributed by atoms with E-state index in [4.69, 9.17) is 0 Å². The van der Waals surface area contributed by atoms with Crippen molar-refractivity contribution < 1.29 is 4.79 Å². The van der Waals surface area contributed by atoms with Gasteiger partial charge in [0.05, 0.1) is 0 Å². The number of rotatable bonds is 3. The summed E-state index contributed by atoms with van der Waals surface area (Å²) in [7, 11) is 0. The smallest absolute Gasteiger partial charge is 0.319 e. The summed E-state index contributed by atoms with van der Waals surface area (Å²) in [5, 5.41) is 5.47. The van der Waals surface area contributed by atoms with Crippen molar-refractivity contribution in [2.24, 2.45) is 5.92 Å². The lowest BCUT2D eigenvalue weighted by Crippen LogP contribution is -2.31. The molecule has 1 aromatic heterocycles. The molecule has 0 aliphatic rings. The maximum absolute atomic E-state index is 11.3. The van der Waals surface area contributed by atoms with Crippen LogP contribution in [0.1, 0.15) is 13.8 Å². The molecule has 0 aromatic carbocycles. The van der Waals surface area contributed by atoms with Crippen LogP contribution in [0.3, 0.4) is 0 Å². The van der Waals surface area contributed by atoms with E-state index < -0.39 is 0 Å². The molecule has 76 valence electrons. The van der Waals surface area contributed by atoms with Gasteiger partial charge in [-0.3, -0.25) is 4.98 Å². The molecule has 0 spiro atoms. The van der Waals surface area contributed by atoms with Crippen molar-refractivity contribution in [3.63, 3.8) is 0 Å². The Morgan fingerprint density at radius 1 is 1.43 bits per heavy atom. The molecule has 0 bridgehead atoms. The Labute approximate surface area is 83.7 Å². The first-order valence-electron chi connectivity index (χ1n) is 4.63. The highest BCUT2D eigenvalue weighted by Gasteiger charge is 2.01. The quantitative estimate of drug-likeness (QED) is 0.769. The first-order chi connectivity index (χ1) is 6.68. The highest BCUT2D eigenvalue weighted by atomic mass is 16.2. The summed E-state index contributed by atoms with van der Waals surface area (Å²) in [6.45, 7) is 4.77. The van der Waals surface area contributed by atoms with E-state index >= 15 is 0 Å². The number of carbonyl (C=O) groups excluding carboxylic acids is 1. The molecule has 4 nitrogen and oxygen atoms in total. The normalized spacial score (nSPS) is 9.93. The molecule has 1 aromatic rings. The van der Waals surface area contributed by atoms with Gasteiger partial charge in [-0.1, -0.05) is 13.8 Å². The zero-order valence-corrected chi connectivity index (χ0v) is 8.45. The van der Waals surface area contributed by atoms with Crippen LogP contribution in [0.15, 0.2) is 24.5 Å². The standard InChI is InChI=1S/C10H15N3O/c1-8(2)7-12-10(14)13-9-3-5-11-6-4-9/h3-6,8H,7H2,1-2H3,(H2,11,12,13,14). The van der Waals surface area contributed by atoms with E-state index in [2.05, 4.69) is 15.6 Å². The van der Waals surface area contributed by atoms with Gasteiger partial charge in [-0.15, -0.1) is 0 Å². The topological polar surface area (TPSA) is 54.0 Å². The Kier molecular flexibility index (Phi) is 3.91. The van der Waals surface area contributed by atoms with Crippen LogP contribution in [-0.2, 0) is 0 Å². The van der Waals surface area contributed by atoms with Crippen molar-refractivity contribution in [3.8, 4) is 0 Å². The maximum Gasteiger partial charge on any atom is 0.319 e. The lowest BCUT2D eigenvalue weighted by molar-refractivity contribution is 0.251. The van der Waals surface area contributed by atoms with Crippen molar-refractivity contribution in [1.82, 2.24) is 10.3 Å². The van der Waals surface area contributed by atoms with E-state index in [1.165, 1.54) is 0 Å². The van der Waals surface area contributed by atoms with E-state index in [0.29, 0.717) is 12.5 Å². The molecule has 0 saturated heterocycles. The number of urea groups is 1. The van der Waals surface area contributed by atoms with Gasteiger partial charge in [0.2, 0.25) is 0 Å². The van der Waals surface area contributed by atoms with Crippen molar-refractivity contribution in [3.05, 3.63) is 24.5 Å². The van der Waals surface area contributed by atoms with Gasteiger partial charge in [0.25, 0.3) is 0 Å². The molecule has 2 N–H and O–H groups in total. The monoisotopic (exact) mass is 193 g/mol. The Bertz CT molecular complexity index is 285. The van der Waals surface area contributed by atoms with Gasteiger partial charge in [0.1, 0.15) is 0 Å². The van der Waals surface area contributed by atoms with Crippen LogP contribution >= 0.6 is 0 Å². The van der Waals surface area contributed by atoms with Crippen LogP contribution in [0.4, 0.5) is 10.5 Å². The lowest BCUT2D eigenvalue weighted by atomic mass is 10.2. The fraction of sp³-hybridized carbons (Fsp3) is 0.400. The minimum Gasteiger partial charge on any atom is -0.338 e. The van der Waals surface area contributed by atoms with E-state index in [9.17, 15) is 4.79 Å². The summed E-state index contributed by atoms with van der Waals surface area (Å²) in [5.41, 5.74) is 0.751. The predicted molar refractivity (Wildman–Crippen MR) is 56.1 cm³/mol. The summed E-state index contributed by atoms with van der Waals surface area (Å²) in [5.74, 6) is 0.457. The van der Waals surface area contributed by atoms with Gasteiger partial charge >= 0.3 is 6.03 Å². The number of hydrogen-bond donors (Lipinski definition) is 2. The molecule has 2 amide bonds. The van der Waals surface area contributed by atoms with Gasteiger partial charge in [0.15, 0.2) is 0 Å². The molecule has 0 saturated carbocycles. The van der Waals surface area contributed by atoms with Crippen LogP contribution in [0.5, 0.6) is 0 Å². The maximum atomic E-state index is 11.3. The molecule has 0 unspecified atom stereocenters. The molecule has 0 fully saturated rings. The molecular weight excluding hydrogens is 178 g/mol. The molecule has 1 heterocycles. The molecule has 14 heavy (non-hydrogen) atoms. The number of nitrogens with zero attached hydrogens (tertiary/aromatic N) is 1. The zero-order chi connectivity index (χ0) is 10.4. The molecular formula is C10H15N3O. The third kappa shape index (κ3) is 3.89. The fourth-order valence-electron chi connectivity index (χ4n) is 0.907. The SMILES string of the molecule is CC(C)CNC(=O)Nc1ccncc1. The van der Waals surface area contributed by atoms with Crippen molar-refractivity contribution in [1.29, 1.82) is 0 Å². The number of aromatic nitrogens is 1. The Balaban J connectivity index is 2.35. The zero-order valence-electron chi connectivity index (χ0n) is 8.45. The molecule has 0 aliphatic carbocycles. The number of carbonyl (C=O) groups is 1. The average molecular weight is 193 g/mol. The summed E-state index contributed by atoms with van der Waals surface area (Å²) in [4.78, 5) is 15.1. The van der Waals surface area contributed by atoms with Gasteiger partial charge in [0, 0.05) is 24.6 Å². The van der Waals surface area contributed by atoms with Crippen molar-refractivity contribution >= 4 is 11.7 Å². The predicted octanol–water partition coefficient (Wildman–Crippen LogP) is 1.86. The van der Waals surface area contributed by atoms with E-state index in [0.717, 1.165) is 5.69 Å². The summed E-state index contributed by atoms with van der Waals surface area (Å²) >= 11 is 0. The van der Waals surface area contributed by atoms with E-state index in [1.54, 1.807) is 24.5 Å². The van der Waals surface area contributed by atoms with Gasteiger partial charge in [-0.2, -0.15) is 0 Å². The van der Waals surface area contributed by atoms with Gasteiger partial charge < -0.3 is 10.6 Å². The minimum atomic E-state index is -0.176. The van der Waals surface area contributed by atoms with E-state index in [1.807, 2.05) is 13.8 Å². The van der Waals surface area contributed by atoms with Gasteiger partial charge in [-0.25, -0.2) is 4.79 Å². The van der Waals surface area contributed by atoms with Crippen molar-refractivity contribution in [2.75, 3.05) is 11.9 Å². The number of amides is 2. The van der Waals surface area contributed by atoms with E-state index in [-0.39, 0.29) is 6.03 Å². The summed E-state index contributed by atoms with van der Waals surface area (Å²) < 4.78 is 0. The first-order valence-corrected chi connectivity index (χ1v) is 4.63. The van der Waals surface area contributed by atoms with Gasteiger partial charge in [-0.05, 0) is 18.1 Å². The summed E-state index contributed by atoms with van der Waals surface area (Å²) in [6, 6.07) is 3.31. The lowest BCUT2D eigenvalue weighted by Gasteiger charge is -2.08. The first kappa shape index (κ1) is 10.5. The van der Waals surface area contributed by atoms with Crippen LogP contribution in [0.25, 0.3) is 0 Å². The minimum absolute atomic E-state index is 0.176. The Morgan fingerprint density at radius 2 is 2.07 bits per heavy atom. The van der Waals surface area contributed by atoms with Crippen LogP contribution in [0.2, 0.25) is 0 Å². The number of anilines is 1. The second-order valence-corrected chi connectivity index (χ2v) is 3.46. The fourth-order valence-corrected chi connectivity index (χ4v) is 0.907. The van der Waals surface area contributed by atoms with Crippen LogP contribution < -0.4 is 10.6 Å². The molecule has 0 atom stereocenters. The largest absolute Gasteiger partial charge is 0.338 e. The average Bonchev–Trinajstić information content (AvgIpc) is 2.16. The molecule has 1 rings (SSSR count). The van der Waals surface area contributed by atoms with Crippen molar-refractivity contribution in [2.45, 2.75) is 13.8 Å². The highest BCUT2D eigenvalue weighted by molar-refractivity contribution is 5.88. The molecule has 0 aliphatic heterocycles. The Hall–Kier alpha value is -1.58. The number of pyridine rings is 1. The third-order valence-electron chi connectivity index (χ3n) is 1.61. The summed E-state index contributed by atoms with van der Waals surface area (Å²) in [6.07, 6.45) is 3.27.